The molecule has 0 bridgehead atoms. The summed E-state index contributed by atoms with van der Waals surface area (Å²) in [5, 5.41) is 8.68. The number of carbonyl (C=O) groups excluding carboxylic acids is 1. The number of benzene rings is 2. The van der Waals surface area contributed by atoms with E-state index in [-0.39, 0.29) is 12.3 Å². The van der Waals surface area contributed by atoms with E-state index < -0.39 is 0 Å². The zero-order valence-electron chi connectivity index (χ0n) is 15.3. The Bertz CT molecular complexity index is 984. The van der Waals surface area contributed by atoms with Gasteiger partial charge in [-0.15, -0.1) is 0 Å². The normalized spacial score (nSPS) is 15.3. The maximum atomic E-state index is 12.7. The molecule has 1 aromatic heterocycles. The van der Waals surface area contributed by atoms with E-state index in [0.717, 1.165) is 50.4 Å². The van der Waals surface area contributed by atoms with Crippen molar-refractivity contribution in [3.63, 3.8) is 0 Å². The number of rotatable bonds is 6. The number of hydrogen-bond acceptors (Lipinski definition) is 4. The van der Waals surface area contributed by atoms with Crippen molar-refractivity contribution in [2.45, 2.75) is 13.1 Å². The molecule has 0 saturated carbocycles. The molecule has 0 amide bonds. The van der Waals surface area contributed by atoms with E-state index in [2.05, 4.69) is 4.90 Å². The van der Waals surface area contributed by atoms with Gasteiger partial charge in [0.1, 0.15) is 0 Å². The van der Waals surface area contributed by atoms with E-state index in [1.165, 1.54) is 0 Å². The molecule has 1 aliphatic rings. The van der Waals surface area contributed by atoms with Gasteiger partial charge in [-0.25, -0.2) is 0 Å². The van der Waals surface area contributed by atoms with E-state index in [1.54, 1.807) is 0 Å². The smallest absolute Gasteiger partial charge is 0.203 e. The molecule has 2 heterocycles. The molecule has 1 aliphatic heterocycles. The number of ether oxygens (including phenoxy) is 1. The van der Waals surface area contributed by atoms with Gasteiger partial charge in [0.05, 0.1) is 30.8 Å². The minimum absolute atomic E-state index is 0.0187. The first kappa shape index (κ1) is 17.7. The fourth-order valence-corrected chi connectivity index (χ4v) is 3.61. The van der Waals surface area contributed by atoms with Crippen molar-refractivity contribution in [1.82, 2.24) is 14.0 Å². The summed E-state index contributed by atoms with van der Waals surface area (Å²) in [6, 6.07) is 17.2. The van der Waals surface area contributed by atoms with Crippen LogP contribution in [0.25, 0.3) is 11.0 Å². The number of ketones is 1. The number of morpholine rings is 1. The summed E-state index contributed by atoms with van der Waals surface area (Å²) in [6.07, 6.45) is 0. The Labute approximate surface area is 158 Å². The third kappa shape index (κ3) is 3.72. The van der Waals surface area contributed by atoms with Crippen molar-refractivity contribution in [3.05, 3.63) is 65.8 Å². The summed E-state index contributed by atoms with van der Waals surface area (Å²) in [5.41, 5.74) is 2.97. The highest BCUT2D eigenvalue weighted by atomic mass is 16.5. The average molecular weight is 364 g/mol. The predicted molar refractivity (Wildman–Crippen MR) is 104 cm³/mol. The van der Waals surface area contributed by atoms with Gasteiger partial charge in [-0.2, -0.15) is 0 Å². The van der Waals surface area contributed by atoms with Gasteiger partial charge < -0.3 is 13.9 Å². The lowest BCUT2D eigenvalue weighted by molar-refractivity contribution is 0.0363. The maximum absolute atomic E-state index is 12.7. The Morgan fingerprint density at radius 3 is 2.22 bits per heavy atom. The molecule has 3 aromatic rings. The van der Waals surface area contributed by atoms with Crippen LogP contribution in [0, 0.1) is 5.41 Å². The van der Waals surface area contributed by atoms with Crippen molar-refractivity contribution < 1.29 is 9.53 Å². The van der Waals surface area contributed by atoms with Gasteiger partial charge in [0.15, 0.2) is 5.78 Å². The number of imidazole rings is 1. The molecule has 0 aliphatic carbocycles. The Balaban J connectivity index is 1.62. The molecule has 2 aromatic carbocycles. The summed E-state index contributed by atoms with van der Waals surface area (Å²) < 4.78 is 9.22. The molecule has 6 nitrogen and oxygen atoms in total. The lowest BCUT2D eigenvalue weighted by Crippen LogP contribution is -2.39. The quantitative estimate of drug-likeness (QED) is 0.682. The number of fused-ring (bicyclic) bond motifs is 1. The van der Waals surface area contributed by atoms with E-state index in [4.69, 9.17) is 10.1 Å². The predicted octanol–water partition coefficient (Wildman–Crippen LogP) is 2.14. The number of aromatic nitrogens is 2. The third-order valence-corrected chi connectivity index (χ3v) is 5.12. The second-order valence-corrected chi connectivity index (χ2v) is 6.79. The van der Waals surface area contributed by atoms with Gasteiger partial charge in [0, 0.05) is 31.7 Å². The van der Waals surface area contributed by atoms with Crippen LogP contribution in [0.4, 0.5) is 0 Å². The van der Waals surface area contributed by atoms with Crippen LogP contribution in [0.5, 0.6) is 0 Å². The number of nitrogens with zero attached hydrogens (tertiary/aromatic N) is 3. The Morgan fingerprint density at radius 2 is 1.52 bits per heavy atom. The summed E-state index contributed by atoms with van der Waals surface area (Å²) >= 11 is 0. The zero-order chi connectivity index (χ0) is 18.6. The van der Waals surface area contributed by atoms with Crippen LogP contribution in [-0.4, -0.2) is 52.7 Å². The van der Waals surface area contributed by atoms with E-state index in [0.29, 0.717) is 11.2 Å². The Morgan fingerprint density at radius 1 is 0.889 bits per heavy atom. The molecule has 0 atom stereocenters. The molecule has 140 valence electrons. The summed E-state index contributed by atoms with van der Waals surface area (Å²) in [6.45, 7) is 5.18. The van der Waals surface area contributed by atoms with Crippen LogP contribution in [0.15, 0.2) is 54.6 Å². The number of hydrogen-bond donors (Lipinski definition) is 1. The first-order chi connectivity index (χ1) is 13.2. The van der Waals surface area contributed by atoms with Gasteiger partial charge in [0.25, 0.3) is 0 Å². The fraction of sp³-hybridized carbons (Fsp3) is 0.333. The molecule has 6 heteroatoms. The van der Waals surface area contributed by atoms with Crippen molar-refractivity contribution in [1.29, 1.82) is 5.41 Å². The van der Waals surface area contributed by atoms with Crippen LogP contribution in [-0.2, 0) is 17.8 Å². The highest BCUT2D eigenvalue weighted by molar-refractivity contribution is 5.96. The standard InChI is InChI=1S/C21H24N4O2/c22-21-24(11-10-23-12-14-27-15-13-23)18-8-4-5-9-19(18)25(21)16-20(26)17-6-2-1-3-7-17/h1-9,22H,10-16H2. The molecular weight excluding hydrogens is 340 g/mol. The van der Waals surface area contributed by atoms with Gasteiger partial charge in [0.2, 0.25) is 5.62 Å². The number of carbonyl (C=O) groups is 1. The maximum Gasteiger partial charge on any atom is 0.203 e. The molecule has 4 rings (SSSR count). The van der Waals surface area contributed by atoms with E-state index >= 15 is 0 Å². The monoisotopic (exact) mass is 364 g/mol. The molecular formula is C21H24N4O2. The first-order valence-electron chi connectivity index (χ1n) is 9.35. The lowest BCUT2D eigenvalue weighted by Gasteiger charge is -2.26. The molecule has 0 spiro atoms. The van der Waals surface area contributed by atoms with Crippen LogP contribution < -0.4 is 5.62 Å². The van der Waals surface area contributed by atoms with Gasteiger partial charge in [-0.05, 0) is 12.1 Å². The number of Topliss-reactive ketones (excluding diaryl/α,β-unsaturated/α-hetero) is 1. The topological polar surface area (TPSA) is 63.2 Å². The summed E-state index contributed by atoms with van der Waals surface area (Å²) in [4.78, 5) is 15.0. The van der Waals surface area contributed by atoms with Gasteiger partial charge in [-0.1, -0.05) is 42.5 Å². The number of para-hydroxylation sites is 2. The second kappa shape index (κ2) is 7.90. The largest absolute Gasteiger partial charge is 0.379 e. The van der Waals surface area contributed by atoms with Gasteiger partial charge >= 0.3 is 0 Å². The molecule has 0 unspecified atom stereocenters. The SMILES string of the molecule is N=c1n(CCN2CCOCC2)c2ccccc2n1CC(=O)c1ccccc1. The summed E-state index contributed by atoms with van der Waals surface area (Å²) in [7, 11) is 0. The zero-order valence-corrected chi connectivity index (χ0v) is 15.3. The van der Waals surface area contributed by atoms with Crippen LogP contribution >= 0.6 is 0 Å². The Hall–Kier alpha value is -2.70. The van der Waals surface area contributed by atoms with Crippen LogP contribution in [0.2, 0.25) is 0 Å². The van der Waals surface area contributed by atoms with E-state index in [1.807, 2.05) is 63.7 Å². The molecule has 1 saturated heterocycles. The highest BCUT2D eigenvalue weighted by Crippen LogP contribution is 2.14. The van der Waals surface area contributed by atoms with E-state index in [9.17, 15) is 4.79 Å². The van der Waals surface area contributed by atoms with Crippen LogP contribution in [0.1, 0.15) is 10.4 Å². The lowest BCUT2D eigenvalue weighted by atomic mass is 10.1. The minimum Gasteiger partial charge on any atom is -0.379 e. The molecule has 1 fully saturated rings. The van der Waals surface area contributed by atoms with Crippen molar-refractivity contribution in [2.75, 3.05) is 32.8 Å². The molecule has 1 N–H and O–H groups in total. The highest BCUT2D eigenvalue weighted by Gasteiger charge is 2.16. The molecule has 27 heavy (non-hydrogen) atoms. The fourth-order valence-electron chi connectivity index (χ4n) is 3.61. The number of nitrogens with one attached hydrogen (secondary N) is 1. The van der Waals surface area contributed by atoms with Gasteiger partial charge in [-0.3, -0.25) is 15.1 Å². The first-order valence-corrected chi connectivity index (χ1v) is 9.35. The summed E-state index contributed by atoms with van der Waals surface area (Å²) in [5.74, 6) is 0.0187. The molecule has 0 radical (unpaired) electrons. The average Bonchev–Trinajstić information content (AvgIpc) is 2.99. The van der Waals surface area contributed by atoms with Crippen molar-refractivity contribution >= 4 is 16.8 Å². The minimum atomic E-state index is 0.0187. The Kier molecular flexibility index (Phi) is 5.18. The second-order valence-electron chi connectivity index (χ2n) is 6.79. The van der Waals surface area contributed by atoms with Crippen LogP contribution in [0.3, 0.4) is 0 Å². The van der Waals surface area contributed by atoms with Crippen molar-refractivity contribution in [2.24, 2.45) is 0 Å². The van der Waals surface area contributed by atoms with Crippen molar-refractivity contribution in [3.8, 4) is 0 Å². The third-order valence-electron chi connectivity index (χ3n) is 5.12.